The first kappa shape index (κ1) is 25.4. The van der Waals surface area contributed by atoms with Crippen molar-refractivity contribution in [3.8, 4) is 0 Å². The van der Waals surface area contributed by atoms with E-state index in [0.717, 1.165) is 6.42 Å². The zero-order valence-corrected chi connectivity index (χ0v) is 18.4. The summed E-state index contributed by atoms with van der Waals surface area (Å²) in [6, 6.07) is -1.40. The Kier molecular flexibility index (Phi) is 11.5. The Balaban J connectivity index is 2.49. The average Bonchev–Trinajstić information content (AvgIpc) is 2.69. The smallest absolute Gasteiger partial charge is 0.407 e. The maximum Gasteiger partial charge on any atom is 0.407 e. The maximum absolute atomic E-state index is 12.5. The molecule has 3 N–H and O–H groups in total. The van der Waals surface area contributed by atoms with Crippen LogP contribution in [0.3, 0.4) is 0 Å². The van der Waals surface area contributed by atoms with Gasteiger partial charge >= 0.3 is 6.09 Å². The number of alkyl carbamates (subject to hydrolysis) is 1. The molecule has 0 saturated carbocycles. The predicted molar refractivity (Wildman–Crippen MR) is 115 cm³/mol. The largest absolute Gasteiger partial charge is 0.449 e. The van der Waals surface area contributed by atoms with Crippen LogP contribution in [0, 0.1) is 17.8 Å². The summed E-state index contributed by atoms with van der Waals surface area (Å²) in [7, 11) is 0. The van der Waals surface area contributed by atoms with Crippen molar-refractivity contribution in [3.63, 3.8) is 0 Å². The first-order valence-electron chi connectivity index (χ1n) is 10.5. The fraction of sp³-hybridized carbons (Fsp3) is 0.636. The molecular weight excluding hydrogens is 386 g/mol. The lowest BCUT2D eigenvalue weighted by atomic mass is 10.0. The van der Waals surface area contributed by atoms with E-state index in [0.29, 0.717) is 19.1 Å². The third kappa shape index (κ3) is 10.8. The van der Waals surface area contributed by atoms with Gasteiger partial charge in [0.05, 0.1) is 19.2 Å². The second-order valence-corrected chi connectivity index (χ2v) is 8.39. The lowest BCUT2D eigenvalue weighted by molar-refractivity contribution is -0.128. The molecule has 0 fully saturated rings. The van der Waals surface area contributed by atoms with Gasteiger partial charge in [-0.05, 0) is 31.1 Å². The number of carbonyl (C=O) groups is 4. The van der Waals surface area contributed by atoms with Crippen LogP contribution in [-0.4, -0.2) is 49.4 Å². The van der Waals surface area contributed by atoms with Crippen LogP contribution >= 0.6 is 0 Å². The Hall–Kier alpha value is -2.64. The molecule has 0 saturated heterocycles. The molecule has 0 aromatic carbocycles. The summed E-state index contributed by atoms with van der Waals surface area (Å²) in [6.07, 6.45) is 9.57. The number of ether oxygens (including phenoxy) is 1. The number of nitrogens with one attached hydrogen (secondary N) is 3. The molecule has 168 valence electrons. The summed E-state index contributed by atoms with van der Waals surface area (Å²) in [5.41, 5.74) is 0. The summed E-state index contributed by atoms with van der Waals surface area (Å²) < 4.78 is 5.24. The highest BCUT2D eigenvalue weighted by Gasteiger charge is 2.24. The Bertz CT molecular complexity index is 643. The van der Waals surface area contributed by atoms with Crippen molar-refractivity contribution in [3.05, 3.63) is 24.3 Å². The summed E-state index contributed by atoms with van der Waals surface area (Å²) in [5, 5.41) is 7.70. The molecule has 30 heavy (non-hydrogen) atoms. The van der Waals surface area contributed by atoms with Crippen molar-refractivity contribution in [1.82, 2.24) is 16.0 Å². The molecule has 0 bridgehead atoms. The van der Waals surface area contributed by atoms with Gasteiger partial charge in [0.2, 0.25) is 11.8 Å². The van der Waals surface area contributed by atoms with Gasteiger partial charge in [-0.2, -0.15) is 0 Å². The van der Waals surface area contributed by atoms with Crippen LogP contribution in [0.5, 0.6) is 0 Å². The molecule has 8 heteroatoms. The van der Waals surface area contributed by atoms with Gasteiger partial charge in [-0.15, -0.1) is 0 Å². The number of aldehydes is 1. The van der Waals surface area contributed by atoms with Crippen LogP contribution in [0.25, 0.3) is 0 Å². The zero-order chi connectivity index (χ0) is 22.5. The Morgan fingerprint density at radius 1 is 1.07 bits per heavy atom. The zero-order valence-electron chi connectivity index (χ0n) is 18.4. The molecule has 0 spiro atoms. The molecule has 1 aliphatic rings. The van der Waals surface area contributed by atoms with Gasteiger partial charge in [0.25, 0.3) is 0 Å². The Morgan fingerprint density at radius 2 is 1.77 bits per heavy atom. The van der Waals surface area contributed by atoms with Gasteiger partial charge in [-0.1, -0.05) is 52.0 Å². The number of amides is 3. The molecule has 0 aromatic heterocycles. The minimum Gasteiger partial charge on any atom is -0.449 e. The second-order valence-electron chi connectivity index (χ2n) is 8.39. The Labute approximate surface area is 178 Å². The number of rotatable bonds is 12. The molecule has 0 radical (unpaired) electrons. The highest BCUT2D eigenvalue weighted by molar-refractivity contribution is 5.90. The Morgan fingerprint density at radius 3 is 2.33 bits per heavy atom. The van der Waals surface area contributed by atoms with Crippen molar-refractivity contribution in [1.29, 1.82) is 0 Å². The van der Waals surface area contributed by atoms with E-state index in [9.17, 15) is 19.2 Å². The molecule has 1 aliphatic carbocycles. The number of hydrogen-bond donors (Lipinski definition) is 3. The molecule has 0 heterocycles. The quantitative estimate of drug-likeness (QED) is 0.418. The van der Waals surface area contributed by atoms with Crippen LogP contribution in [0.1, 0.15) is 47.0 Å². The fourth-order valence-electron chi connectivity index (χ4n) is 3.03. The molecule has 3 atom stereocenters. The van der Waals surface area contributed by atoms with E-state index in [2.05, 4.69) is 16.0 Å². The van der Waals surface area contributed by atoms with Crippen molar-refractivity contribution >= 4 is 24.2 Å². The van der Waals surface area contributed by atoms with Crippen LogP contribution in [-0.2, 0) is 19.1 Å². The molecule has 3 unspecified atom stereocenters. The third-order valence-electron chi connectivity index (χ3n) is 4.47. The lowest BCUT2D eigenvalue weighted by Crippen LogP contribution is -2.50. The van der Waals surface area contributed by atoms with Gasteiger partial charge in [-0.25, -0.2) is 4.79 Å². The van der Waals surface area contributed by atoms with E-state index in [4.69, 9.17) is 4.74 Å². The van der Waals surface area contributed by atoms with E-state index < -0.39 is 30.0 Å². The first-order valence-corrected chi connectivity index (χ1v) is 10.5. The minimum atomic E-state index is -0.815. The van der Waals surface area contributed by atoms with Crippen molar-refractivity contribution < 1.29 is 23.9 Å². The normalized spacial score (nSPS) is 17.3. The highest BCUT2D eigenvalue weighted by atomic mass is 16.5. The van der Waals surface area contributed by atoms with Gasteiger partial charge in [0, 0.05) is 5.92 Å². The molecule has 0 aliphatic heterocycles. The highest BCUT2D eigenvalue weighted by Crippen LogP contribution is 2.12. The van der Waals surface area contributed by atoms with Crippen LogP contribution in [0.4, 0.5) is 4.79 Å². The van der Waals surface area contributed by atoms with Crippen LogP contribution in [0.2, 0.25) is 0 Å². The summed E-state index contributed by atoms with van der Waals surface area (Å²) in [4.78, 5) is 47.7. The maximum atomic E-state index is 12.5. The van der Waals surface area contributed by atoms with Crippen molar-refractivity contribution in [2.45, 2.75) is 59.0 Å². The molecule has 8 nitrogen and oxygen atoms in total. The van der Waals surface area contributed by atoms with Crippen molar-refractivity contribution in [2.75, 3.05) is 13.2 Å². The van der Waals surface area contributed by atoms with Crippen molar-refractivity contribution in [2.24, 2.45) is 17.8 Å². The van der Waals surface area contributed by atoms with Gasteiger partial charge in [0.15, 0.2) is 0 Å². The molecule has 3 amide bonds. The van der Waals surface area contributed by atoms with Gasteiger partial charge in [0.1, 0.15) is 12.3 Å². The predicted octanol–water partition coefficient (Wildman–Crippen LogP) is 2.11. The molecular formula is C22H35N3O5. The van der Waals surface area contributed by atoms with E-state index >= 15 is 0 Å². The topological polar surface area (TPSA) is 114 Å². The van der Waals surface area contributed by atoms with E-state index in [1.54, 1.807) is 0 Å². The fourth-order valence-corrected chi connectivity index (χ4v) is 3.03. The monoisotopic (exact) mass is 421 g/mol. The summed E-state index contributed by atoms with van der Waals surface area (Å²) >= 11 is 0. The summed E-state index contributed by atoms with van der Waals surface area (Å²) in [6.45, 7) is 7.72. The molecule has 0 aromatic rings. The standard InChI is InChI=1S/C22H35N3O5/c1-15(2)10-18(13-26)24-20(27)12-23-21(28)19(11-16(3)4)25-22(29)30-14-17-8-6-5-7-9-17/h5-8,13,15-19H,9-12,14H2,1-4H3,(H,23,28)(H,24,27)(H,25,29). The minimum absolute atomic E-state index is 0.124. The van der Waals surface area contributed by atoms with E-state index in [-0.39, 0.29) is 30.9 Å². The lowest BCUT2D eigenvalue weighted by Gasteiger charge is -2.21. The average molecular weight is 422 g/mol. The second kappa shape index (κ2) is 13.6. The van der Waals surface area contributed by atoms with Crippen LogP contribution in [0.15, 0.2) is 24.3 Å². The third-order valence-corrected chi connectivity index (χ3v) is 4.47. The van der Waals surface area contributed by atoms with E-state index in [1.165, 1.54) is 0 Å². The van der Waals surface area contributed by atoms with Gasteiger partial charge in [-0.3, -0.25) is 9.59 Å². The van der Waals surface area contributed by atoms with E-state index in [1.807, 2.05) is 52.0 Å². The SMILES string of the molecule is CC(C)CC(C=O)NC(=O)CNC(=O)C(CC(C)C)NC(=O)OCC1C=CC=CC1. The van der Waals surface area contributed by atoms with Crippen LogP contribution < -0.4 is 16.0 Å². The molecule has 1 rings (SSSR count). The number of hydrogen-bond acceptors (Lipinski definition) is 5. The number of carbonyl (C=O) groups excluding carboxylic acids is 4. The van der Waals surface area contributed by atoms with Gasteiger partial charge < -0.3 is 25.5 Å². The summed E-state index contributed by atoms with van der Waals surface area (Å²) in [5.74, 6) is -0.405. The number of allylic oxidation sites excluding steroid dienone is 3. The first-order chi connectivity index (χ1) is 14.2.